The number of nitrogen functional groups attached to an aromatic ring is 1. The first kappa shape index (κ1) is 10.6. The van der Waals surface area contributed by atoms with E-state index in [0.717, 1.165) is 17.4 Å². The van der Waals surface area contributed by atoms with Crippen molar-refractivity contribution in [3.63, 3.8) is 0 Å². The molecule has 2 heterocycles. The Labute approximate surface area is 103 Å². The van der Waals surface area contributed by atoms with E-state index in [-0.39, 0.29) is 0 Å². The molecule has 1 aromatic carbocycles. The Kier molecular flexibility index (Phi) is 2.40. The van der Waals surface area contributed by atoms with E-state index >= 15 is 0 Å². The molecule has 1 aliphatic heterocycles. The summed E-state index contributed by atoms with van der Waals surface area (Å²) in [5.41, 5.74) is 7.76. The number of hydrogen-bond acceptors (Lipinski definition) is 5. The summed E-state index contributed by atoms with van der Waals surface area (Å²) in [6, 6.07) is 3.46. The van der Waals surface area contributed by atoms with Crippen LogP contribution in [-0.4, -0.2) is 29.7 Å². The summed E-state index contributed by atoms with van der Waals surface area (Å²) in [6.07, 6.45) is 2.36. The summed E-state index contributed by atoms with van der Waals surface area (Å²) >= 11 is 0. The van der Waals surface area contributed by atoms with Gasteiger partial charge in [-0.1, -0.05) is 0 Å². The van der Waals surface area contributed by atoms with Gasteiger partial charge in [0.1, 0.15) is 19.0 Å². The molecular formula is C12H11N3O3. The van der Waals surface area contributed by atoms with Gasteiger partial charge in [-0.3, -0.25) is 9.89 Å². The second-order valence-corrected chi connectivity index (χ2v) is 3.87. The van der Waals surface area contributed by atoms with Crippen molar-refractivity contribution >= 4 is 12.1 Å². The van der Waals surface area contributed by atoms with Crippen LogP contribution in [0.4, 0.5) is 5.82 Å². The fourth-order valence-electron chi connectivity index (χ4n) is 1.97. The normalized spacial score (nSPS) is 13.3. The molecule has 0 spiro atoms. The van der Waals surface area contributed by atoms with Crippen LogP contribution in [0, 0.1) is 0 Å². The van der Waals surface area contributed by atoms with Gasteiger partial charge < -0.3 is 15.2 Å². The molecule has 1 aliphatic rings. The average molecular weight is 245 g/mol. The van der Waals surface area contributed by atoms with Gasteiger partial charge in [-0.05, 0) is 12.1 Å². The topological polar surface area (TPSA) is 90.2 Å². The van der Waals surface area contributed by atoms with Gasteiger partial charge in [-0.15, -0.1) is 0 Å². The second-order valence-electron chi connectivity index (χ2n) is 3.87. The summed E-state index contributed by atoms with van der Waals surface area (Å²) in [6.45, 7) is 0.873. The minimum Gasteiger partial charge on any atom is -0.485 e. The van der Waals surface area contributed by atoms with Crippen LogP contribution in [0.5, 0.6) is 11.5 Å². The van der Waals surface area contributed by atoms with Gasteiger partial charge in [0.15, 0.2) is 17.8 Å². The van der Waals surface area contributed by atoms with Gasteiger partial charge in [-0.25, -0.2) is 0 Å². The smallest absolute Gasteiger partial charge is 0.172 e. The lowest BCUT2D eigenvalue weighted by Gasteiger charge is -2.22. The van der Waals surface area contributed by atoms with Crippen LogP contribution in [-0.2, 0) is 0 Å². The molecule has 2 aromatic rings. The maximum atomic E-state index is 11.0. The zero-order chi connectivity index (χ0) is 12.5. The van der Waals surface area contributed by atoms with Gasteiger partial charge >= 0.3 is 0 Å². The van der Waals surface area contributed by atoms with Gasteiger partial charge in [0.2, 0.25) is 0 Å². The number of hydrogen-bond donors (Lipinski definition) is 2. The molecule has 0 bridgehead atoms. The maximum absolute atomic E-state index is 11.0. The number of nitrogens with zero attached hydrogens (tertiary/aromatic N) is 1. The number of carbonyl (C=O) groups is 1. The Hall–Kier alpha value is -2.50. The molecule has 0 atom stereocenters. The van der Waals surface area contributed by atoms with Crippen molar-refractivity contribution in [1.29, 1.82) is 0 Å². The summed E-state index contributed by atoms with van der Waals surface area (Å²) in [5.74, 6) is 1.46. The number of nitrogens with one attached hydrogen (secondary N) is 1. The highest BCUT2D eigenvalue weighted by Gasteiger charge is 2.22. The monoisotopic (exact) mass is 245 g/mol. The number of rotatable bonds is 2. The summed E-state index contributed by atoms with van der Waals surface area (Å²) in [4.78, 5) is 11.0. The minimum atomic E-state index is 0.429. The third-order valence-electron chi connectivity index (χ3n) is 2.80. The van der Waals surface area contributed by atoms with E-state index in [0.29, 0.717) is 36.1 Å². The van der Waals surface area contributed by atoms with Crippen LogP contribution in [0.3, 0.4) is 0 Å². The van der Waals surface area contributed by atoms with E-state index in [9.17, 15) is 4.79 Å². The molecule has 0 aliphatic carbocycles. The van der Waals surface area contributed by atoms with E-state index in [4.69, 9.17) is 15.2 Å². The molecule has 0 amide bonds. The van der Waals surface area contributed by atoms with Crippen molar-refractivity contribution in [2.24, 2.45) is 0 Å². The average Bonchev–Trinajstić information content (AvgIpc) is 2.83. The first-order valence-electron chi connectivity index (χ1n) is 5.48. The number of ether oxygens (including phenoxy) is 2. The fraction of sp³-hybridized carbons (Fsp3) is 0.167. The molecule has 6 heteroatoms. The van der Waals surface area contributed by atoms with E-state index in [1.807, 2.05) is 0 Å². The van der Waals surface area contributed by atoms with Crippen molar-refractivity contribution in [3.05, 3.63) is 23.9 Å². The molecule has 0 saturated carbocycles. The lowest BCUT2D eigenvalue weighted by atomic mass is 10.0. The molecule has 3 N–H and O–H groups in total. The van der Waals surface area contributed by atoms with E-state index in [1.54, 1.807) is 18.3 Å². The lowest BCUT2D eigenvalue weighted by molar-refractivity contribution is 0.111. The molecule has 92 valence electrons. The molecule has 0 fully saturated rings. The first-order chi connectivity index (χ1) is 8.81. The number of aldehydes is 1. The quantitative estimate of drug-likeness (QED) is 0.777. The molecule has 0 radical (unpaired) electrons. The van der Waals surface area contributed by atoms with Crippen molar-refractivity contribution in [2.45, 2.75) is 0 Å². The molecule has 18 heavy (non-hydrogen) atoms. The van der Waals surface area contributed by atoms with Gasteiger partial charge in [0.25, 0.3) is 0 Å². The molecule has 0 unspecified atom stereocenters. The van der Waals surface area contributed by atoms with E-state index < -0.39 is 0 Å². The third-order valence-corrected chi connectivity index (χ3v) is 2.80. The largest absolute Gasteiger partial charge is 0.485 e. The molecule has 0 saturated heterocycles. The number of H-pyrrole nitrogens is 1. The van der Waals surface area contributed by atoms with Crippen molar-refractivity contribution in [3.8, 4) is 22.6 Å². The summed E-state index contributed by atoms with van der Waals surface area (Å²) in [5, 5.41) is 6.54. The Morgan fingerprint density at radius 3 is 2.67 bits per heavy atom. The highest BCUT2D eigenvalue weighted by atomic mass is 16.6. The van der Waals surface area contributed by atoms with E-state index in [1.165, 1.54) is 0 Å². The number of anilines is 1. The van der Waals surface area contributed by atoms with Crippen LogP contribution < -0.4 is 15.2 Å². The second kappa shape index (κ2) is 4.06. The highest BCUT2D eigenvalue weighted by Crippen LogP contribution is 2.42. The van der Waals surface area contributed by atoms with Crippen LogP contribution in [0.1, 0.15) is 10.4 Å². The minimum absolute atomic E-state index is 0.429. The Bertz CT molecular complexity index is 607. The van der Waals surface area contributed by atoms with Crippen molar-refractivity contribution in [1.82, 2.24) is 10.2 Å². The van der Waals surface area contributed by atoms with Gasteiger partial charge in [0.05, 0.1) is 11.8 Å². The first-order valence-corrected chi connectivity index (χ1v) is 5.48. The number of carbonyl (C=O) groups excluding carboxylic acids is 1. The zero-order valence-electron chi connectivity index (χ0n) is 9.47. The number of nitrogens with two attached hydrogens (primary N) is 1. The Morgan fingerprint density at radius 1 is 1.22 bits per heavy atom. The lowest BCUT2D eigenvalue weighted by Crippen LogP contribution is -2.17. The van der Waals surface area contributed by atoms with Crippen molar-refractivity contribution < 1.29 is 14.3 Å². The number of aromatic nitrogens is 2. The predicted molar refractivity (Wildman–Crippen MR) is 64.8 cm³/mol. The van der Waals surface area contributed by atoms with Crippen LogP contribution in [0.25, 0.3) is 11.1 Å². The predicted octanol–water partition coefficient (Wildman–Crippen LogP) is 1.24. The van der Waals surface area contributed by atoms with Gasteiger partial charge in [-0.2, -0.15) is 5.10 Å². The highest BCUT2D eigenvalue weighted by molar-refractivity contribution is 5.88. The molecule has 1 aromatic heterocycles. The van der Waals surface area contributed by atoms with Gasteiger partial charge in [0, 0.05) is 11.1 Å². The summed E-state index contributed by atoms with van der Waals surface area (Å²) < 4.78 is 11.1. The SMILES string of the molecule is Nc1[nH]ncc1-c1ccc(C=O)c2c1OCCO2. The van der Waals surface area contributed by atoms with Crippen LogP contribution in [0.2, 0.25) is 0 Å². The number of aromatic amines is 1. The number of fused-ring (bicyclic) bond motifs is 1. The van der Waals surface area contributed by atoms with Crippen LogP contribution in [0.15, 0.2) is 18.3 Å². The summed E-state index contributed by atoms with van der Waals surface area (Å²) in [7, 11) is 0. The number of benzene rings is 1. The third kappa shape index (κ3) is 1.50. The Balaban J connectivity index is 2.22. The molecular weight excluding hydrogens is 234 g/mol. The molecule has 6 nitrogen and oxygen atoms in total. The standard InChI is InChI=1S/C12H11N3O3/c13-12-9(5-14-15-12)8-2-1-7(6-16)10-11(8)18-4-3-17-10/h1-2,5-6H,3-4H2,(H3,13,14,15). The fourth-order valence-corrected chi connectivity index (χ4v) is 1.97. The maximum Gasteiger partial charge on any atom is 0.172 e. The van der Waals surface area contributed by atoms with Crippen LogP contribution >= 0.6 is 0 Å². The zero-order valence-corrected chi connectivity index (χ0v) is 9.47. The molecule has 3 rings (SSSR count). The Morgan fingerprint density at radius 2 is 2.00 bits per heavy atom. The van der Waals surface area contributed by atoms with E-state index in [2.05, 4.69) is 10.2 Å². The van der Waals surface area contributed by atoms with Crippen molar-refractivity contribution in [2.75, 3.05) is 18.9 Å².